The molecule has 1 fully saturated rings. The zero-order chi connectivity index (χ0) is 20.1. The topological polar surface area (TPSA) is 75.7 Å². The van der Waals surface area contributed by atoms with E-state index in [1.54, 1.807) is 30.3 Å². The van der Waals surface area contributed by atoms with Crippen LogP contribution in [0.15, 0.2) is 53.4 Å². The highest BCUT2D eigenvalue weighted by Gasteiger charge is 2.36. The second-order valence-electron chi connectivity index (χ2n) is 5.83. The number of carbonyl (C=O) groups is 3. The van der Waals surface area contributed by atoms with Crippen LogP contribution in [0.5, 0.6) is 5.75 Å². The maximum absolute atomic E-state index is 13.2. The minimum atomic E-state index is -0.588. The molecule has 0 radical (unpaired) electrons. The number of nitrogens with one attached hydrogen (secondary N) is 1. The van der Waals surface area contributed by atoms with Crippen LogP contribution >= 0.6 is 11.8 Å². The number of hydrogen-bond acceptors (Lipinski definition) is 5. The third-order valence-corrected chi connectivity index (χ3v) is 4.68. The summed E-state index contributed by atoms with van der Waals surface area (Å²) in [5, 5.41) is 1.93. The van der Waals surface area contributed by atoms with E-state index < -0.39 is 29.4 Å². The van der Waals surface area contributed by atoms with Crippen molar-refractivity contribution < 1.29 is 23.5 Å². The first-order valence-electron chi connectivity index (χ1n) is 8.50. The predicted octanol–water partition coefficient (Wildman–Crippen LogP) is 3.90. The Balaban J connectivity index is 1.66. The lowest BCUT2D eigenvalue weighted by Gasteiger charge is -2.12. The van der Waals surface area contributed by atoms with E-state index in [1.807, 2.05) is 6.92 Å². The number of benzene rings is 2. The van der Waals surface area contributed by atoms with Crippen LogP contribution in [0, 0.1) is 5.82 Å². The number of rotatable bonds is 6. The van der Waals surface area contributed by atoms with Crippen molar-refractivity contribution in [3.05, 3.63) is 64.8 Å². The fourth-order valence-corrected chi connectivity index (χ4v) is 3.36. The van der Waals surface area contributed by atoms with E-state index in [4.69, 9.17) is 4.74 Å². The maximum atomic E-state index is 13.2. The van der Waals surface area contributed by atoms with E-state index in [0.717, 1.165) is 28.3 Å². The molecule has 3 rings (SSSR count). The molecule has 1 N–H and O–H groups in total. The number of hydrogen-bond donors (Lipinski definition) is 1. The number of ether oxygens (including phenoxy) is 1. The van der Waals surface area contributed by atoms with E-state index >= 15 is 0 Å². The van der Waals surface area contributed by atoms with E-state index in [9.17, 15) is 18.8 Å². The normalized spacial score (nSPS) is 15.2. The van der Waals surface area contributed by atoms with Crippen LogP contribution in [0.4, 0.5) is 14.9 Å². The van der Waals surface area contributed by atoms with Gasteiger partial charge in [-0.25, -0.2) is 4.39 Å². The second-order valence-corrected chi connectivity index (χ2v) is 6.82. The molecule has 1 aliphatic rings. The molecule has 1 heterocycles. The van der Waals surface area contributed by atoms with Gasteiger partial charge in [0, 0.05) is 5.69 Å². The summed E-state index contributed by atoms with van der Waals surface area (Å²) in [6, 6.07) is 12.4. The highest BCUT2D eigenvalue weighted by atomic mass is 32.2. The monoisotopic (exact) mass is 400 g/mol. The van der Waals surface area contributed by atoms with Gasteiger partial charge in [-0.3, -0.25) is 19.3 Å². The molecule has 1 aliphatic heterocycles. The van der Waals surface area contributed by atoms with E-state index in [-0.39, 0.29) is 10.6 Å². The summed E-state index contributed by atoms with van der Waals surface area (Å²) in [6.07, 6.45) is 1.59. The summed E-state index contributed by atoms with van der Waals surface area (Å²) in [7, 11) is 0. The fourth-order valence-electron chi connectivity index (χ4n) is 2.52. The van der Waals surface area contributed by atoms with Gasteiger partial charge in [0.2, 0.25) is 5.91 Å². The number of amides is 3. The van der Waals surface area contributed by atoms with Crippen LogP contribution in [0.25, 0.3) is 6.08 Å². The Morgan fingerprint density at radius 1 is 1.21 bits per heavy atom. The lowest BCUT2D eigenvalue weighted by molar-refractivity contribution is -0.127. The lowest BCUT2D eigenvalue weighted by atomic mass is 10.2. The van der Waals surface area contributed by atoms with Crippen LogP contribution in [-0.4, -0.2) is 35.1 Å². The van der Waals surface area contributed by atoms with Crippen molar-refractivity contribution >= 4 is 40.6 Å². The molecule has 3 amide bonds. The van der Waals surface area contributed by atoms with Gasteiger partial charge in [0.1, 0.15) is 18.1 Å². The van der Waals surface area contributed by atoms with Gasteiger partial charge in [0.05, 0.1) is 11.5 Å². The van der Waals surface area contributed by atoms with Crippen molar-refractivity contribution in [1.82, 2.24) is 4.90 Å². The summed E-state index contributed by atoms with van der Waals surface area (Å²) in [6.45, 7) is 1.99. The van der Waals surface area contributed by atoms with Gasteiger partial charge < -0.3 is 10.1 Å². The average Bonchev–Trinajstić information content (AvgIpc) is 2.91. The standard InChI is InChI=1S/C20H17FN2O4S/c1-2-27-16-8-6-13(7-9-16)10-17-19(25)23(20(26)28-17)12-18(24)22-15-5-3-4-14(21)11-15/h3-11H,2,12H2,1H3,(H,22,24)/b17-10+. The van der Waals surface area contributed by atoms with Crippen molar-refractivity contribution in [1.29, 1.82) is 0 Å². The van der Waals surface area contributed by atoms with Crippen molar-refractivity contribution in [2.45, 2.75) is 6.92 Å². The highest BCUT2D eigenvalue weighted by molar-refractivity contribution is 8.18. The number of imide groups is 1. The Morgan fingerprint density at radius 3 is 2.64 bits per heavy atom. The summed E-state index contributed by atoms with van der Waals surface area (Å²) < 4.78 is 18.5. The molecule has 144 valence electrons. The molecule has 6 nitrogen and oxygen atoms in total. The second kappa shape index (κ2) is 8.71. The van der Waals surface area contributed by atoms with E-state index in [0.29, 0.717) is 12.4 Å². The number of thioether (sulfide) groups is 1. The summed E-state index contributed by atoms with van der Waals surface area (Å²) in [5.41, 5.74) is 0.986. The largest absolute Gasteiger partial charge is 0.494 e. The van der Waals surface area contributed by atoms with E-state index in [2.05, 4.69) is 5.32 Å². The maximum Gasteiger partial charge on any atom is 0.294 e. The molecule has 0 saturated carbocycles. The SMILES string of the molecule is CCOc1ccc(/C=C2/SC(=O)N(CC(=O)Nc3cccc(F)c3)C2=O)cc1. The first-order chi connectivity index (χ1) is 13.5. The minimum absolute atomic E-state index is 0.229. The third-order valence-electron chi connectivity index (χ3n) is 3.77. The lowest BCUT2D eigenvalue weighted by Crippen LogP contribution is -2.36. The van der Waals surface area contributed by atoms with Crippen LogP contribution < -0.4 is 10.1 Å². The minimum Gasteiger partial charge on any atom is -0.494 e. The molecule has 0 aliphatic carbocycles. The zero-order valence-corrected chi connectivity index (χ0v) is 15.8. The number of carbonyl (C=O) groups excluding carboxylic acids is 3. The number of anilines is 1. The zero-order valence-electron chi connectivity index (χ0n) is 15.0. The molecular formula is C20H17FN2O4S. The van der Waals surface area contributed by atoms with Gasteiger partial charge in [0.25, 0.3) is 11.1 Å². The van der Waals surface area contributed by atoms with Crippen LogP contribution in [0.3, 0.4) is 0 Å². The summed E-state index contributed by atoms with van der Waals surface area (Å²) in [4.78, 5) is 37.8. The Kier molecular flexibility index (Phi) is 6.10. The molecule has 0 atom stereocenters. The van der Waals surface area contributed by atoms with Gasteiger partial charge in [-0.2, -0.15) is 0 Å². The van der Waals surface area contributed by atoms with Gasteiger partial charge in [0.15, 0.2) is 0 Å². The van der Waals surface area contributed by atoms with Gasteiger partial charge >= 0.3 is 0 Å². The molecule has 28 heavy (non-hydrogen) atoms. The van der Waals surface area contributed by atoms with Crippen molar-refractivity contribution in [2.75, 3.05) is 18.5 Å². The Morgan fingerprint density at radius 2 is 1.96 bits per heavy atom. The fraction of sp³-hybridized carbons (Fsp3) is 0.150. The van der Waals surface area contributed by atoms with Gasteiger partial charge in [-0.1, -0.05) is 18.2 Å². The van der Waals surface area contributed by atoms with Gasteiger partial charge in [-0.05, 0) is 60.7 Å². The Bertz CT molecular complexity index is 943. The Hall–Kier alpha value is -3.13. The molecule has 2 aromatic rings. The number of nitrogens with zero attached hydrogens (tertiary/aromatic N) is 1. The molecule has 2 aromatic carbocycles. The quantitative estimate of drug-likeness (QED) is 0.745. The van der Waals surface area contributed by atoms with Crippen LogP contribution in [-0.2, 0) is 9.59 Å². The molecular weight excluding hydrogens is 383 g/mol. The predicted molar refractivity (Wildman–Crippen MR) is 105 cm³/mol. The first-order valence-corrected chi connectivity index (χ1v) is 9.31. The average molecular weight is 400 g/mol. The molecule has 1 saturated heterocycles. The molecule has 0 bridgehead atoms. The molecule has 0 aromatic heterocycles. The smallest absolute Gasteiger partial charge is 0.294 e. The number of halogens is 1. The van der Waals surface area contributed by atoms with Crippen molar-refractivity contribution in [3.8, 4) is 5.75 Å². The summed E-state index contributed by atoms with van der Waals surface area (Å²) >= 11 is 0.769. The van der Waals surface area contributed by atoms with Crippen molar-refractivity contribution in [2.24, 2.45) is 0 Å². The van der Waals surface area contributed by atoms with E-state index in [1.165, 1.54) is 18.2 Å². The molecule has 8 heteroatoms. The highest BCUT2D eigenvalue weighted by Crippen LogP contribution is 2.32. The van der Waals surface area contributed by atoms with Crippen LogP contribution in [0.2, 0.25) is 0 Å². The van der Waals surface area contributed by atoms with Crippen LogP contribution in [0.1, 0.15) is 12.5 Å². The van der Waals surface area contributed by atoms with Crippen molar-refractivity contribution in [3.63, 3.8) is 0 Å². The van der Waals surface area contributed by atoms with Gasteiger partial charge in [-0.15, -0.1) is 0 Å². The first kappa shape index (κ1) is 19.6. The summed E-state index contributed by atoms with van der Waals surface area (Å²) in [5.74, 6) is -0.919. The Labute approximate surface area is 165 Å². The molecule has 0 spiro atoms. The molecule has 0 unspecified atom stereocenters. The third kappa shape index (κ3) is 4.77.